The summed E-state index contributed by atoms with van der Waals surface area (Å²) in [6.07, 6.45) is 0. The van der Waals surface area contributed by atoms with Crippen molar-refractivity contribution in [3.63, 3.8) is 0 Å². The lowest BCUT2D eigenvalue weighted by molar-refractivity contribution is 0.392. The van der Waals surface area contributed by atoms with Crippen molar-refractivity contribution in [3.05, 3.63) is 51.9 Å². The largest absolute Gasteiger partial charge is 0.361 e. The highest BCUT2D eigenvalue weighted by Gasteiger charge is 2.08. The summed E-state index contributed by atoms with van der Waals surface area (Å²) in [5, 5.41) is 8.05. The molecule has 1 aromatic carbocycles. The van der Waals surface area contributed by atoms with E-state index in [4.69, 9.17) is 16.1 Å². The fraction of sp³-hybridized carbons (Fsp3) is 0.308. The number of nitrogens with one attached hydrogen (secondary N) is 1. The number of aryl methyl sites for hydroxylation is 2. The van der Waals surface area contributed by atoms with Crippen LogP contribution in [0.2, 0.25) is 5.02 Å². The van der Waals surface area contributed by atoms with E-state index < -0.39 is 0 Å². The van der Waals surface area contributed by atoms with E-state index >= 15 is 0 Å². The van der Waals surface area contributed by atoms with Crippen molar-refractivity contribution in [2.75, 3.05) is 0 Å². The van der Waals surface area contributed by atoms with Crippen LogP contribution in [-0.4, -0.2) is 5.16 Å². The van der Waals surface area contributed by atoms with Crippen molar-refractivity contribution in [2.24, 2.45) is 0 Å². The van der Waals surface area contributed by atoms with Gasteiger partial charge < -0.3 is 9.84 Å². The predicted octanol–water partition coefficient (Wildman–Crippen LogP) is 3.23. The van der Waals surface area contributed by atoms with Crippen LogP contribution in [0.15, 0.2) is 28.8 Å². The Bertz CT molecular complexity index is 488. The molecule has 1 N–H and O–H groups in total. The fourth-order valence-corrected chi connectivity index (χ4v) is 1.92. The van der Waals surface area contributed by atoms with E-state index in [2.05, 4.69) is 10.5 Å². The minimum Gasteiger partial charge on any atom is -0.361 e. The zero-order valence-electron chi connectivity index (χ0n) is 9.96. The van der Waals surface area contributed by atoms with Crippen LogP contribution in [-0.2, 0) is 13.1 Å². The molecule has 2 aromatic rings. The van der Waals surface area contributed by atoms with E-state index in [-0.39, 0.29) is 0 Å². The lowest BCUT2D eigenvalue weighted by Crippen LogP contribution is -2.13. The van der Waals surface area contributed by atoms with Gasteiger partial charge in [0, 0.05) is 23.7 Å². The summed E-state index contributed by atoms with van der Waals surface area (Å²) < 4.78 is 5.11. The van der Waals surface area contributed by atoms with Crippen LogP contribution >= 0.6 is 11.6 Å². The Morgan fingerprint density at radius 1 is 1.24 bits per heavy atom. The smallest absolute Gasteiger partial charge is 0.138 e. The number of benzene rings is 1. The van der Waals surface area contributed by atoms with E-state index in [1.165, 1.54) is 0 Å². The first-order chi connectivity index (χ1) is 8.18. The second kappa shape index (κ2) is 5.34. The number of hydrogen-bond donors (Lipinski definition) is 1. The van der Waals surface area contributed by atoms with Gasteiger partial charge in [0.05, 0.1) is 5.69 Å². The van der Waals surface area contributed by atoms with Crippen LogP contribution in [0.5, 0.6) is 0 Å². The molecular formula is C13H15ClN2O. The Kier molecular flexibility index (Phi) is 3.82. The molecule has 0 unspecified atom stereocenters. The van der Waals surface area contributed by atoms with E-state index in [0.29, 0.717) is 0 Å². The highest BCUT2D eigenvalue weighted by Crippen LogP contribution is 2.15. The highest BCUT2D eigenvalue weighted by molar-refractivity contribution is 6.31. The summed E-state index contributed by atoms with van der Waals surface area (Å²) in [6.45, 7) is 5.35. The van der Waals surface area contributed by atoms with E-state index in [1.807, 2.05) is 38.1 Å². The van der Waals surface area contributed by atoms with Crippen LogP contribution in [0.3, 0.4) is 0 Å². The lowest BCUT2D eigenvalue weighted by Gasteiger charge is -2.06. The molecule has 0 aliphatic heterocycles. The van der Waals surface area contributed by atoms with Gasteiger partial charge in [0.25, 0.3) is 0 Å². The average Bonchev–Trinajstić information content (AvgIpc) is 2.63. The van der Waals surface area contributed by atoms with Crippen molar-refractivity contribution in [1.29, 1.82) is 0 Å². The van der Waals surface area contributed by atoms with Crippen molar-refractivity contribution < 1.29 is 4.52 Å². The maximum atomic E-state index is 6.08. The maximum absolute atomic E-state index is 6.08. The van der Waals surface area contributed by atoms with Crippen LogP contribution in [0.1, 0.15) is 22.6 Å². The van der Waals surface area contributed by atoms with E-state index in [0.717, 1.165) is 40.7 Å². The quantitative estimate of drug-likeness (QED) is 0.905. The number of nitrogens with zero attached hydrogens (tertiary/aromatic N) is 1. The molecule has 4 heteroatoms. The van der Waals surface area contributed by atoms with Gasteiger partial charge in [-0.2, -0.15) is 0 Å². The standard InChI is InChI=1S/C13H15ClN2O/c1-9-12(10(2)17-16-9)8-15-7-11-5-3-4-6-13(11)14/h3-6,15H,7-8H2,1-2H3. The van der Waals surface area contributed by atoms with Gasteiger partial charge in [0.1, 0.15) is 5.76 Å². The molecule has 0 aliphatic rings. The molecule has 90 valence electrons. The van der Waals surface area contributed by atoms with Gasteiger partial charge in [-0.3, -0.25) is 0 Å². The second-order valence-corrected chi connectivity index (χ2v) is 4.40. The summed E-state index contributed by atoms with van der Waals surface area (Å²) in [7, 11) is 0. The molecule has 0 atom stereocenters. The zero-order chi connectivity index (χ0) is 12.3. The molecule has 1 aromatic heterocycles. The summed E-state index contributed by atoms with van der Waals surface area (Å²) in [5.74, 6) is 0.870. The fourth-order valence-electron chi connectivity index (χ4n) is 1.72. The van der Waals surface area contributed by atoms with Gasteiger partial charge in [0.15, 0.2) is 0 Å². The van der Waals surface area contributed by atoms with Crippen molar-refractivity contribution >= 4 is 11.6 Å². The Morgan fingerprint density at radius 3 is 2.65 bits per heavy atom. The Morgan fingerprint density at radius 2 is 2.00 bits per heavy atom. The Labute approximate surface area is 106 Å². The molecule has 0 spiro atoms. The third-order valence-corrected chi connectivity index (χ3v) is 3.13. The van der Waals surface area contributed by atoms with E-state index in [1.54, 1.807) is 0 Å². The van der Waals surface area contributed by atoms with Gasteiger partial charge in [-0.05, 0) is 25.5 Å². The van der Waals surface area contributed by atoms with Gasteiger partial charge in [-0.1, -0.05) is 35.0 Å². The molecule has 0 saturated heterocycles. The number of hydrogen-bond acceptors (Lipinski definition) is 3. The molecule has 0 fully saturated rings. The summed E-state index contributed by atoms with van der Waals surface area (Å²) in [5.41, 5.74) is 3.16. The van der Waals surface area contributed by atoms with Crippen molar-refractivity contribution in [2.45, 2.75) is 26.9 Å². The molecule has 0 bridgehead atoms. The van der Waals surface area contributed by atoms with Crippen molar-refractivity contribution in [3.8, 4) is 0 Å². The first-order valence-corrected chi connectivity index (χ1v) is 5.92. The Hall–Kier alpha value is -1.32. The third kappa shape index (κ3) is 2.87. The number of halogens is 1. The predicted molar refractivity (Wildman–Crippen MR) is 68.0 cm³/mol. The molecule has 0 radical (unpaired) electrons. The monoisotopic (exact) mass is 250 g/mol. The maximum Gasteiger partial charge on any atom is 0.138 e. The first-order valence-electron chi connectivity index (χ1n) is 5.54. The zero-order valence-corrected chi connectivity index (χ0v) is 10.7. The van der Waals surface area contributed by atoms with Crippen LogP contribution < -0.4 is 5.32 Å². The average molecular weight is 251 g/mol. The minimum atomic E-state index is 0.740. The molecule has 0 saturated carbocycles. The van der Waals surface area contributed by atoms with Crippen LogP contribution in [0.25, 0.3) is 0 Å². The molecule has 0 aliphatic carbocycles. The minimum absolute atomic E-state index is 0.740. The highest BCUT2D eigenvalue weighted by atomic mass is 35.5. The summed E-state index contributed by atoms with van der Waals surface area (Å²) >= 11 is 6.08. The number of aromatic nitrogens is 1. The van der Waals surface area contributed by atoms with E-state index in [9.17, 15) is 0 Å². The van der Waals surface area contributed by atoms with Crippen LogP contribution in [0.4, 0.5) is 0 Å². The third-order valence-electron chi connectivity index (χ3n) is 2.76. The summed E-state index contributed by atoms with van der Waals surface area (Å²) in [4.78, 5) is 0. The van der Waals surface area contributed by atoms with Gasteiger partial charge >= 0.3 is 0 Å². The summed E-state index contributed by atoms with van der Waals surface area (Å²) in [6, 6.07) is 7.83. The van der Waals surface area contributed by atoms with Crippen molar-refractivity contribution in [1.82, 2.24) is 10.5 Å². The molecule has 1 heterocycles. The lowest BCUT2D eigenvalue weighted by atomic mass is 10.2. The SMILES string of the molecule is Cc1noc(C)c1CNCc1ccccc1Cl. The second-order valence-electron chi connectivity index (χ2n) is 4.00. The van der Waals surface area contributed by atoms with Gasteiger partial charge in [-0.25, -0.2) is 0 Å². The topological polar surface area (TPSA) is 38.1 Å². The first kappa shape index (κ1) is 12.1. The Balaban J connectivity index is 1.95. The number of rotatable bonds is 4. The molecule has 17 heavy (non-hydrogen) atoms. The van der Waals surface area contributed by atoms with Gasteiger partial charge in [0.2, 0.25) is 0 Å². The normalized spacial score (nSPS) is 10.8. The molecular weight excluding hydrogens is 236 g/mol. The molecule has 0 amide bonds. The molecule has 3 nitrogen and oxygen atoms in total. The van der Waals surface area contributed by atoms with Crippen LogP contribution in [0, 0.1) is 13.8 Å². The van der Waals surface area contributed by atoms with Gasteiger partial charge in [-0.15, -0.1) is 0 Å². The molecule has 2 rings (SSSR count).